The third kappa shape index (κ3) is 4.67. The van der Waals surface area contributed by atoms with Crippen molar-refractivity contribution >= 4 is 11.8 Å². The summed E-state index contributed by atoms with van der Waals surface area (Å²) in [4.78, 5) is 0.641. The number of hydrogen-bond acceptors (Lipinski definition) is 4. The van der Waals surface area contributed by atoms with E-state index in [1.54, 1.807) is 19.4 Å². The fourth-order valence-electron chi connectivity index (χ4n) is 1.72. The van der Waals surface area contributed by atoms with E-state index < -0.39 is 0 Å². The average molecular weight is 295 g/mol. The molecule has 0 spiro atoms. The van der Waals surface area contributed by atoms with Crippen molar-refractivity contribution < 1.29 is 13.5 Å². The smallest absolute Gasteiger partial charge is 0.137 e. The second-order valence-electron chi connectivity index (χ2n) is 4.30. The molecule has 0 unspecified atom stereocenters. The second kappa shape index (κ2) is 8.09. The highest BCUT2D eigenvalue weighted by molar-refractivity contribution is 7.98. The van der Waals surface area contributed by atoms with Gasteiger partial charge in [-0.3, -0.25) is 0 Å². The van der Waals surface area contributed by atoms with Crippen LogP contribution in [0.1, 0.15) is 11.3 Å². The molecule has 2 aromatic rings. The SMILES string of the molecule is COCCNCc1ccc(SCc2ccco2)c(F)c1. The van der Waals surface area contributed by atoms with Crippen LogP contribution in [0.2, 0.25) is 0 Å². The minimum atomic E-state index is -0.187. The minimum absolute atomic E-state index is 0.187. The molecule has 1 N–H and O–H groups in total. The molecule has 0 aliphatic carbocycles. The van der Waals surface area contributed by atoms with Gasteiger partial charge in [0.1, 0.15) is 11.6 Å². The maximum absolute atomic E-state index is 14.0. The third-order valence-corrected chi connectivity index (χ3v) is 3.83. The Hall–Kier alpha value is -1.30. The van der Waals surface area contributed by atoms with Crippen molar-refractivity contribution in [2.75, 3.05) is 20.3 Å². The molecule has 0 radical (unpaired) electrons. The molecule has 0 aliphatic heterocycles. The molecular formula is C15H18FNO2S. The van der Waals surface area contributed by atoms with Gasteiger partial charge in [-0.05, 0) is 29.8 Å². The van der Waals surface area contributed by atoms with Crippen molar-refractivity contribution in [3.63, 3.8) is 0 Å². The Labute approximate surface area is 122 Å². The quantitative estimate of drug-likeness (QED) is 0.597. The molecular weight excluding hydrogens is 277 g/mol. The first kappa shape index (κ1) is 15.1. The maximum Gasteiger partial charge on any atom is 0.137 e. The Morgan fingerprint density at radius 2 is 2.25 bits per heavy atom. The molecule has 0 bridgehead atoms. The molecule has 0 saturated heterocycles. The van der Waals surface area contributed by atoms with Gasteiger partial charge in [0, 0.05) is 25.1 Å². The van der Waals surface area contributed by atoms with E-state index in [1.165, 1.54) is 11.8 Å². The van der Waals surface area contributed by atoms with Crippen LogP contribution in [-0.4, -0.2) is 20.3 Å². The maximum atomic E-state index is 14.0. The molecule has 2 rings (SSSR count). The molecule has 20 heavy (non-hydrogen) atoms. The van der Waals surface area contributed by atoms with E-state index >= 15 is 0 Å². The minimum Gasteiger partial charge on any atom is -0.468 e. The van der Waals surface area contributed by atoms with E-state index in [-0.39, 0.29) is 5.82 Å². The summed E-state index contributed by atoms with van der Waals surface area (Å²) in [5, 5.41) is 3.19. The summed E-state index contributed by atoms with van der Waals surface area (Å²) >= 11 is 1.44. The van der Waals surface area contributed by atoms with Gasteiger partial charge in [0.15, 0.2) is 0 Å². The van der Waals surface area contributed by atoms with E-state index in [1.807, 2.05) is 24.3 Å². The van der Waals surface area contributed by atoms with Crippen molar-refractivity contribution in [2.24, 2.45) is 0 Å². The van der Waals surface area contributed by atoms with Crippen LogP contribution in [0.4, 0.5) is 4.39 Å². The van der Waals surface area contributed by atoms with Crippen molar-refractivity contribution in [1.29, 1.82) is 0 Å². The normalized spacial score (nSPS) is 10.9. The predicted octanol–water partition coefficient (Wildman–Crippen LogP) is 3.45. The average Bonchev–Trinajstić information content (AvgIpc) is 2.96. The van der Waals surface area contributed by atoms with E-state index in [4.69, 9.17) is 9.15 Å². The monoisotopic (exact) mass is 295 g/mol. The zero-order chi connectivity index (χ0) is 14.2. The van der Waals surface area contributed by atoms with Crippen molar-refractivity contribution in [2.45, 2.75) is 17.2 Å². The first-order valence-electron chi connectivity index (χ1n) is 6.43. The summed E-state index contributed by atoms with van der Waals surface area (Å²) in [6, 6.07) is 9.05. The highest BCUT2D eigenvalue weighted by Crippen LogP contribution is 2.26. The standard InChI is InChI=1S/C15H18FNO2S/c1-18-8-6-17-10-12-4-5-15(14(16)9-12)20-11-13-3-2-7-19-13/h2-5,7,9,17H,6,8,10-11H2,1H3. The predicted molar refractivity (Wildman–Crippen MR) is 78.3 cm³/mol. The molecule has 0 amide bonds. The van der Waals surface area contributed by atoms with Gasteiger partial charge in [0.2, 0.25) is 0 Å². The van der Waals surface area contributed by atoms with Gasteiger partial charge in [-0.15, -0.1) is 11.8 Å². The number of ether oxygens (including phenoxy) is 1. The van der Waals surface area contributed by atoms with Gasteiger partial charge < -0.3 is 14.5 Å². The fourth-order valence-corrected chi connectivity index (χ4v) is 2.55. The first-order valence-corrected chi connectivity index (χ1v) is 7.41. The summed E-state index contributed by atoms with van der Waals surface area (Å²) in [6.07, 6.45) is 1.63. The van der Waals surface area contributed by atoms with Gasteiger partial charge in [0.05, 0.1) is 18.6 Å². The third-order valence-electron chi connectivity index (χ3n) is 2.76. The first-order chi connectivity index (χ1) is 9.79. The number of methoxy groups -OCH3 is 1. The molecule has 0 saturated carbocycles. The lowest BCUT2D eigenvalue weighted by atomic mass is 10.2. The van der Waals surface area contributed by atoms with E-state index in [2.05, 4.69) is 5.32 Å². The van der Waals surface area contributed by atoms with Crippen LogP contribution in [0, 0.1) is 5.82 Å². The molecule has 1 aromatic carbocycles. The molecule has 5 heteroatoms. The Balaban J connectivity index is 1.85. The van der Waals surface area contributed by atoms with Crippen LogP contribution >= 0.6 is 11.8 Å². The van der Waals surface area contributed by atoms with Crippen LogP contribution in [0.5, 0.6) is 0 Å². The number of rotatable bonds is 8. The number of thioether (sulfide) groups is 1. The van der Waals surface area contributed by atoms with Gasteiger partial charge in [-0.25, -0.2) is 4.39 Å². The molecule has 3 nitrogen and oxygen atoms in total. The van der Waals surface area contributed by atoms with Crippen LogP contribution in [-0.2, 0) is 17.0 Å². The number of benzene rings is 1. The summed E-state index contributed by atoms with van der Waals surface area (Å²) in [6.45, 7) is 2.05. The van der Waals surface area contributed by atoms with Crippen LogP contribution < -0.4 is 5.32 Å². The van der Waals surface area contributed by atoms with Crippen LogP contribution in [0.15, 0.2) is 45.9 Å². The van der Waals surface area contributed by atoms with E-state index in [0.717, 1.165) is 17.9 Å². The largest absolute Gasteiger partial charge is 0.468 e. The fraction of sp³-hybridized carbons (Fsp3) is 0.333. The summed E-state index contributed by atoms with van der Waals surface area (Å²) in [5.41, 5.74) is 0.931. The molecule has 0 aliphatic rings. The molecule has 1 aromatic heterocycles. The zero-order valence-corrected chi connectivity index (χ0v) is 12.2. The van der Waals surface area contributed by atoms with Gasteiger partial charge >= 0.3 is 0 Å². The molecule has 0 fully saturated rings. The Bertz CT molecular complexity index is 517. The van der Waals surface area contributed by atoms with Gasteiger partial charge in [-0.1, -0.05) is 6.07 Å². The topological polar surface area (TPSA) is 34.4 Å². The highest BCUT2D eigenvalue weighted by Gasteiger charge is 2.06. The van der Waals surface area contributed by atoms with Crippen LogP contribution in [0.3, 0.4) is 0 Å². The van der Waals surface area contributed by atoms with E-state index in [9.17, 15) is 4.39 Å². The van der Waals surface area contributed by atoms with E-state index in [0.29, 0.717) is 23.8 Å². The lowest BCUT2D eigenvalue weighted by molar-refractivity contribution is 0.199. The molecule has 0 atom stereocenters. The van der Waals surface area contributed by atoms with Gasteiger partial charge in [0.25, 0.3) is 0 Å². The number of furan rings is 1. The second-order valence-corrected chi connectivity index (χ2v) is 5.32. The summed E-state index contributed by atoms with van der Waals surface area (Å²) in [7, 11) is 1.66. The zero-order valence-electron chi connectivity index (χ0n) is 11.4. The lowest BCUT2D eigenvalue weighted by Gasteiger charge is -2.07. The Morgan fingerprint density at radius 1 is 1.35 bits per heavy atom. The lowest BCUT2D eigenvalue weighted by Crippen LogP contribution is -2.18. The van der Waals surface area contributed by atoms with Crippen molar-refractivity contribution in [1.82, 2.24) is 5.32 Å². The number of hydrogen-bond donors (Lipinski definition) is 1. The Morgan fingerprint density at radius 3 is 2.95 bits per heavy atom. The highest BCUT2D eigenvalue weighted by atomic mass is 32.2. The summed E-state index contributed by atoms with van der Waals surface area (Å²) in [5.74, 6) is 1.29. The molecule has 1 heterocycles. The van der Waals surface area contributed by atoms with Crippen LogP contribution in [0.25, 0.3) is 0 Å². The van der Waals surface area contributed by atoms with Gasteiger partial charge in [-0.2, -0.15) is 0 Å². The van der Waals surface area contributed by atoms with Crippen molar-refractivity contribution in [3.05, 3.63) is 53.7 Å². The Kier molecular flexibility index (Phi) is 6.11. The molecule has 108 valence electrons. The number of nitrogens with one attached hydrogen (secondary N) is 1. The number of halogens is 1. The van der Waals surface area contributed by atoms with Crippen molar-refractivity contribution in [3.8, 4) is 0 Å². The summed E-state index contributed by atoms with van der Waals surface area (Å²) < 4.78 is 24.1.